The molecule has 0 spiro atoms. The highest BCUT2D eigenvalue weighted by molar-refractivity contribution is 7.92. The summed E-state index contributed by atoms with van der Waals surface area (Å²) in [5, 5.41) is 0. The molecule has 0 amide bonds. The van der Waals surface area contributed by atoms with Crippen LogP contribution in [-0.4, -0.2) is 40.8 Å². The third-order valence-electron chi connectivity index (χ3n) is 4.00. The normalized spacial score (nSPS) is 13.1. The van der Waals surface area contributed by atoms with Crippen molar-refractivity contribution in [3.8, 4) is 11.5 Å². The highest BCUT2D eigenvalue weighted by Crippen LogP contribution is 2.35. The molecule has 8 heteroatoms. The molecule has 0 saturated heterocycles. The second-order valence-electron chi connectivity index (χ2n) is 5.96. The van der Waals surface area contributed by atoms with Crippen molar-refractivity contribution in [3.63, 3.8) is 0 Å². The van der Waals surface area contributed by atoms with Crippen molar-refractivity contribution in [2.75, 3.05) is 30.7 Å². The maximum absolute atomic E-state index is 13.2. The Balaban J connectivity index is 2.03. The van der Waals surface area contributed by atoms with E-state index in [1.54, 1.807) is 37.3 Å². The second kappa shape index (κ2) is 7.87. The van der Waals surface area contributed by atoms with Crippen LogP contribution in [0.15, 0.2) is 47.4 Å². The summed E-state index contributed by atoms with van der Waals surface area (Å²) in [5.74, 6) is 0.337. The van der Waals surface area contributed by atoms with Gasteiger partial charge in [0.1, 0.15) is 19.8 Å². The van der Waals surface area contributed by atoms with E-state index in [0.717, 1.165) is 9.87 Å². The van der Waals surface area contributed by atoms with E-state index in [1.807, 2.05) is 6.92 Å². The highest BCUT2D eigenvalue weighted by Gasteiger charge is 2.29. The Morgan fingerprint density at radius 1 is 1.07 bits per heavy atom. The van der Waals surface area contributed by atoms with Gasteiger partial charge in [0.2, 0.25) is 0 Å². The number of nitrogens with zero attached hydrogens (tertiary/aromatic N) is 1. The van der Waals surface area contributed by atoms with E-state index in [2.05, 4.69) is 0 Å². The Kier molecular flexibility index (Phi) is 5.55. The lowest BCUT2D eigenvalue weighted by molar-refractivity contribution is -0.141. The van der Waals surface area contributed by atoms with Crippen LogP contribution >= 0.6 is 0 Å². The second-order valence-corrected chi connectivity index (χ2v) is 7.82. The van der Waals surface area contributed by atoms with Gasteiger partial charge in [-0.25, -0.2) is 8.42 Å². The molecule has 2 aromatic rings. The molecule has 144 valence electrons. The first-order valence-electron chi connectivity index (χ1n) is 8.56. The molecule has 0 fully saturated rings. The van der Waals surface area contributed by atoms with E-state index in [0.29, 0.717) is 30.4 Å². The molecule has 0 unspecified atom stereocenters. The van der Waals surface area contributed by atoms with Gasteiger partial charge in [-0.1, -0.05) is 17.7 Å². The molecule has 1 aliphatic heterocycles. The van der Waals surface area contributed by atoms with Gasteiger partial charge in [-0.2, -0.15) is 0 Å². The van der Waals surface area contributed by atoms with Crippen LogP contribution in [-0.2, 0) is 19.6 Å². The topological polar surface area (TPSA) is 82.1 Å². The van der Waals surface area contributed by atoms with Gasteiger partial charge in [0, 0.05) is 6.07 Å². The largest absolute Gasteiger partial charge is 0.486 e. The third-order valence-corrected chi connectivity index (χ3v) is 5.79. The van der Waals surface area contributed by atoms with E-state index >= 15 is 0 Å². The fourth-order valence-electron chi connectivity index (χ4n) is 2.66. The number of fused-ring (bicyclic) bond motifs is 1. The molecule has 1 aliphatic rings. The Morgan fingerprint density at radius 2 is 1.74 bits per heavy atom. The van der Waals surface area contributed by atoms with Crippen molar-refractivity contribution in [1.29, 1.82) is 0 Å². The van der Waals surface area contributed by atoms with Crippen LogP contribution in [0.5, 0.6) is 11.5 Å². The van der Waals surface area contributed by atoms with Gasteiger partial charge in [0.25, 0.3) is 10.0 Å². The average molecular weight is 391 g/mol. The summed E-state index contributed by atoms with van der Waals surface area (Å²) < 4.78 is 43.4. The maximum atomic E-state index is 13.2. The molecule has 0 bridgehead atoms. The van der Waals surface area contributed by atoms with Crippen molar-refractivity contribution < 1.29 is 27.4 Å². The number of anilines is 1. The minimum absolute atomic E-state index is 0.0901. The highest BCUT2D eigenvalue weighted by atomic mass is 32.2. The van der Waals surface area contributed by atoms with Crippen LogP contribution in [0.4, 0.5) is 5.69 Å². The van der Waals surface area contributed by atoms with E-state index in [9.17, 15) is 13.2 Å². The van der Waals surface area contributed by atoms with Gasteiger partial charge in [0.05, 0.1) is 17.2 Å². The summed E-state index contributed by atoms with van der Waals surface area (Å²) in [6.07, 6.45) is 0. The van der Waals surface area contributed by atoms with Gasteiger partial charge >= 0.3 is 5.97 Å². The maximum Gasteiger partial charge on any atom is 0.326 e. The van der Waals surface area contributed by atoms with Crippen molar-refractivity contribution in [2.24, 2.45) is 0 Å². The number of ether oxygens (including phenoxy) is 3. The smallest absolute Gasteiger partial charge is 0.326 e. The molecule has 0 aromatic heterocycles. The van der Waals surface area contributed by atoms with Crippen molar-refractivity contribution >= 4 is 21.7 Å². The first-order chi connectivity index (χ1) is 12.9. The van der Waals surface area contributed by atoms with Gasteiger partial charge in [-0.3, -0.25) is 9.10 Å². The van der Waals surface area contributed by atoms with Gasteiger partial charge in [0.15, 0.2) is 11.5 Å². The number of esters is 1. The Labute approximate surface area is 158 Å². The molecule has 2 aromatic carbocycles. The lowest BCUT2D eigenvalue weighted by Crippen LogP contribution is -2.36. The number of hydrogen-bond donors (Lipinski definition) is 0. The molecular weight excluding hydrogens is 370 g/mol. The van der Waals surface area contributed by atoms with Gasteiger partial charge in [-0.05, 0) is 38.1 Å². The lowest BCUT2D eigenvalue weighted by atomic mass is 10.2. The van der Waals surface area contributed by atoms with E-state index in [-0.39, 0.29) is 11.5 Å². The summed E-state index contributed by atoms with van der Waals surface area (Å²) in [5.41, 5.74) is 1.23. The van der Waals surface area contributed by atoms with Crippen LogP contribution < -0.4 is 13.8 Å². The summed E-state index contributed by atoms with van der Waals surface area (Å²) in [6, 6.07) is 11.2. The van der Waals surface area contributed by atoms with Crippen LogP contribution in [0.25, 0.3) is 0 Å². The SMILES string of the molecule is CCOC(=O)CN(c1ccc2c(c1)OCCO2)S(=O)(=O)c1ccc(C)cc1. The van der Waals surface area contributed by atoms with Crippen LogP contribution in [0.2, 0.25) is 0 Å². The van der Waals surface area contributed by atoms with Gasteiger partial charge in [-0.15, -0.1) is 0 Å². The standard InChI is InChI=1S/C19H21NO6S/c1-3-24-19(21)13-20(27(22,23)16-7-4-14(2)5-8-16)15-6-9-17-18(12-15)26-11-10-25-17/h4-9,12H,3,10-11,13H2,1-2H3. The van der Waals surface area contributed by atoms with Crippen molar-refractivity contribution in [2.45, 2.75) is 18.7 Å². The first-order valence-corrected chi connectivity index (χ1v) is 10.0. The minimum atomic E-state index is -3.97. The quantitative estimate of drug-likeness (QED) is 0.704. The predicted octanol–water partition coefficient (Wildman–Crippen LogP) is 2.52. The molecule has 3 rings (SSSR count). The molecule has 0 N–H and O–H groups in total. The Morgan fingerprint density at radius 3 is 2.41 bits per heavy atom. The Hall–Kier alpha value is -2.74. The third kappa shape index (κ3) is 4.16. The number of carbonyl (C=O) groups is 1. The van der Waals surface area contributed by atoms with E-state index in [1.165, 1.54) is 12.1 Å². The summed E-state index contributed by atoms with van der Waals surface area (Å²) in [4.78, 5) is 12.2. The Bertz CT molecular complexity index is 924. The van der Waals surface area contributed by atoms with Crippen LogP contribution in [0.1, 0.15) is 12.5 Å². The number of rotatable bonds is 6. The summed E-state index contributed by atoms with van der Waals surface area (Å²) in [6.45, 7) is 4.07. The number of benzene rings is 2. The first kappa shape index (κ1) is 19.0. The molecule has 0 aliphatic carbocycles. The number of hydrogen-bond acceptors (Lipinski definition) is 6. The lowest BCUT2D eigenvalue weighted by Gasteiger charge is -2.26. The monoisotopic (exact) mass is 391 g/mol. The summed E-state index contributed by atoms with van der Waals surface area (Å²) >= 11 is 0. The van der Waals surface area contributed by atoms with E-state index in [4.69, 9.17) is 14.2 Å². The number of carbonyl (C=O) groups excluding carboxylic acids is 1. The van der Waals surface area contributed by atoms with Crippen LogP contribution in [0, 0.1) is 6.92 Å². The van der Waals surface area contributed by atoms with Crippen molar-refractivity contribution in [3.05, 3.63) is 48.0 Å². The molecule has 7 nitrogen and oxygen atoms in total. The fraction of sp³-hybridized carbons (Fsp3) is 0.316. The van der Waals surface area contributed by atoms with E-state index < -0.39 is 22.5 Å². The zero-order valence-corrected chi connectivity index (χ0v) is 16.0. The zero-order valence-electron chi connectivity index (χ0n) is 15.2. The molecule has 27 heavy (non-hydrogen) atoms. The number of aryl methyl sites for hydroxylation is 1. The average Bonchev–Trinajstić information content (AvgIpc) is 2.66. The molecule has 1 heterocycles. The van der Waals surface area contributed by atoms with Gasteiger partial charge < -0.3 is 14.2 Å². The molecule has 0 atom stereocenters. The molecule has 0 radical (unpaired) electrons. The fourth-order valence-corrected chi connectivity index (χ4v) is 4.06. The molecular formula is C19H21NO6S. The summed E-state index contributed by atoms with van der Waals surface area (Å²) in [7, 11) is -3.97. The minimum Gasteiger partial charge on any atom is -0.486 e. The molecule has 0 saturated carbocycles. The van der Waals surface area contributed by atoms with Crippen molar-refractivity contribution in [1.82, 2.24) is 0 Å². The predicted molar refractivity (Wildman–Crippen MR) is 99.8 cm³/mol. The number of sulfonamides is 1. The zero-order chi connectivity index (χ0) is 19.4. The van der Waals surface area contributed by atoms with Crippen LogP contribution in [0.3, 0.4) is 0 Å².